The molecule has 4 N–H and O–H groups in total. The number of hydrogen-bond acceptors (Lipinski definition) is 13. The SMILES string of the molecule is CON=C(C(=O)NC1C(=O)N2C(C(=O)O)=C(CN3C=NN4N=CCC=C34)CS[C@@H]12)c1csc(N)n1. The van der Waals surface area contributed by atoms with Crippen molar-refractivity contribution in [3.63, 3.8) is 0 Å². The fourth-order valence-corrected chi connectivity index (χ4v) is 5.83. The zero-order chi connectivity index (χ0) is 24.7. The van der Waals surface area contributed by atoms with Gasteiger partial charge in [0.25, 0.3) is 11.8 Å². The van der Waals surface area contributed by atoms with Gasteiger partial charge in [0, 0.05) is 30.3 Å². The number of allylic oxidation sites excluding steroid dienone is 1. The van der Waals surface area contributed by atoms with Crippen LogP contribution < -0.4 is 11.1 Å². The molecule has 1 fully saturated rings. The van der Waals surface area contributed by atoms with Gasteiger partial charge in [0.05, 0.1) is 0 Å². The number of nitrogens with zero attached hydrogens (tertiary/aromatic N) is 7. The first-order chi connectivity index (χ1) is 16.9. The van der Waals surface area contributed by atoms with Gasteiger partial charge >= 0.3 is 5.97 Å². The van der Waals surface area contributed by atoms with Crippen molar-refractivity contribution < 1.29 is 24.3 Å². The van der Waals surface area contributed by atoms with Crippen LogP contribution in [0.3, 0.4) is 0 Å². The first-order valence-corrected chi connectivity index (χ1v) is 12.2. The number of β-lactam (4-membered cyclic amide) rings is 1. The van der Waals surface area contributed by atoms with Gasteiger partial charge in [-0.05, 0) is 11.6 Å². The molecule has 2 amide bonds. The van der Waals surface area contributed by atoms with E-state index in [2.05, 4.69) is 25.7 Å². The van der Waals surface area contributed by atoms with Gasteiger partial charge in [-0.2, -0.15) is 5.10 Å². The number of thioether (sulfide) groups is 1. The number of rotatable bonds is 7. The standard InChI is InChI=1S/C19H19N9O5S2/c1-33-25-12(10-7-35-19(20)23-10)15(29)24-13-16(30)27-14(18(31)32)9(6-34-17(13)27)5-26-8-22-28-11(26)3-2-4-21-28/h3-4,7-8,13,17H,2,5-6H2,1H3,(H2,20,23)(H,24,29)(H,31,32)/t13?,17-/m0/s1. The summed E-state index contributed by atoms with van der Waals surface area (Å²) >= 11 is 2.49. The van der Waals surface area contributed by atoms with Gasteiger partial charge in [0.2, 0.25) is 0 Å². The normalized spacial score (nSPS) is 23.1. The van der Waals surface area contributed by atoms with Gasteiger partial charge in [0.1, 0.15) is 36.3 Å². The van der Waals surface area contributed by atoms with Crippen LogP contribution in [0.2, 0.25) is 0 Å². The molecule has 1 aromatic heterocycles. The van der Waals surface area contributed by atoms with Crippen LogP contribution in [0.5, 0.6) is 0 Å². The number of nitrogen functional groups attached to an aromatic ring is 1. The molecule has 5 heterocycles. The number of carbonyl (C=O) groups excluding carboxylic acids is 2. The van der Waals surface area contributed by atoms with Crippen LogP contribution in [-0.2, 0) is 19.2 Å². The minimum Gasteiger partial charge on any atom is -0.477 e. The monoisotopic (exact) mass is 517 g/mol. The fraction of sp³-hybridized carbons (Fsp3) is 0.316. The Morgan fingerprint density at radius 3 is 2.94 bits per heavy atom. The number of carbonyl (C=O) groups is 3. The maximum absolute atomic E-state index is 13.0. The Morgan fingerprint density at radius 2 is 2.23 bits per heavy atom. The van der Waals surface area contributed by atoms with Crippen LogP contribution in [0.25, 0.3) is 0 Å². The topological polar surface area (TPSA) is 178 Å². The second-order valence-electron chi connectivity index (χ2n) is 7.56. The van der Waals surface area contributed by atoms with Crippen molar-refractivity contribution in [3.8, 4) is 0 Å². The number of oxime groups is 1. The lowest BCUT2D eigenvalue weighted by molar-refractivity contribution is -0.150. The number of carboxylic acid groups (broad SMARTS) is 1. The molecular formula is C19H19N9O5S2. The zero-order valence-electron chi connectivity index (χ0n) is 18.2. The lowest BCUT2D eigenvalue weighted by atomic mass is 10.0. The van der Waals surface area contributed by atoms with E-state index >= 15 is 0 Å². The summed E-state index contributed by atoms with van der Waals surface area (Å²) in [6.07, 6.45) is 5.85. The quantitative estimate of drug-likeness (QED) is 0.245. The van der Waals surface area contributed by atoms with Crippen LogP contribution in [0, 0.1) is 0 Å². The highest BCUT2D eigenvalue weighted by molar-refractivity contribution is 8.00. The smallest absolute Gasteiger partial charge is 0.352 e. The second kappa shape index (κ2) is 9.03. The van der Waals surface area contributed by atoms with Crippen molar-refractivity contribution in [1.82, 2.24) is 25.2 Å². The second-order valence-corrected chi connectivity index (χ2v) is 9.55. The molecule has 14 nitrogen and oxygen atoms in total. The summed E-state index contributed by atoms with van der Waals surface area (Å²) in [5.41, 5.74) is 6.18. The van der Waals surface area contributed by atoms with Crippen molar-refractivity contribution in [3.05, 3.63) is 34.2 Å². The highest BCUT2D eigenvalue weighted by Gasteiger charge is 2.54. The van der Waals surface area contributed by atoms with Crippen molar-refractivity contribution in [2.24, 2.45) is 15.4 Å². The molecule has 2 atom stereocenters. The Balaban J connectivity index is 1.33. The fourth-order valence-electron chi connectivity index (χ4n) is 3.95. The number of thiazole rings is 1. The van der Waals surface area contributed by atoms with E-state index in [0.29, 0.717) is 17.7 Å². The molecular weight excluding hydrogens is 498 g/mol. The lowest BCUT2D eigenvalue weighted by Crippen LogP contribution is -2.71. The maximum atomic E-state index is 13.0. The highest BCUT2D eigenvalue weighted by Crippen LogP contribution is 2.41. The van der Waals surface area contributed by atoms with Gasteiger partial charge in [-0.1, -0.05) is 5.16 Å². The van der Waals surface area contributed by atoms with Crippen LogP contribution in [0.1, 0.15) is 12.1 Å². The summed E-state index contributed by atoms with van der Waals surface area (Å²) in [6.45, 7) is 0.236. The molecule has 0 bridgehead atoms. The average Bonchev–Trinajstić information content (AvgIpc) is 3.46. The number of nitrogens with two attached hydrogens (primary N) is 1. The summed E-state index contributed by atoms with van der Waals surface area (Å²) in [7, 11) is 1.28. The summed E-state index contributed by atoms with van der Waals surface area (Å²) in [4.78, 5) is 49.8. The van der Waals surface area contributed by atoms with Crippen molar-refractivity contribution in [2.75, 3.05) is 25.1 Å². The molecule has 5 rings (SSSR count). The molecule has 0 radical (unpaired) electrons. The van der Waals surface area contributed by atoms with E-state index in [9.17, 15) is 19.5 Å². The van der Waals surface area contributed by atoms with Gasteiger partial charge in [-0.15, -0.1) is 33.3 Å². The summed E-state index contributed by atoms with van der Waals surface area (Å²) in [5.74, 6) is -1.35. The molecule has 4 aliphatic rings. The molecule has 1 aromatic rings. The zero-order valence-corrected chi connectivity index (χ0v) is 19.8. The number of amides is 2. The largest absolute Gasteiger partial charge is 0.477 e. The van der Waals surface area contributed by atoms with E-state index in [1.54, 1.807) is 22.8 Å². The summed E-state index contributed by atoms with van der Waals surface area (Å²) < 4.78 is 0. The number of anilines is 1. The Kier molecular flexibility index (Phi) is 5.89. The van der Waals surface area contributed by atoms with E-state index in [1.165, 1.54) is 28.9 Å². The predicted molar refractivity (Wildman–Crippen MR) is 128 cm³/mol. The number of hydrogen-bond donors (Lipinski definition) is 3. The van der Waals surface area contributed by atoms with E-state index in [-0.39, 0.29) is 28.8 Å². The van der Waals surface area contributed by atoms with Crippen LogP contribution >= 0.6 is 23.1 Å². The van der Waals surface area contributed by atoms with E-state index < -0.39 is 29.2 Å². The first kappa shape index (κ1) is 22.9. The van der Waals surface area contributed by atoms with Gasteiger partial charge < -0.3 is 25.9 Å². The third kappa shape index (κ3) is 3.99. The molecule has 1 saturated heterocycles. The van der Waals surface area contributed by atoms with E-state index in [0.717, 1.165) is 17.2 Å². The number of aliphatic carboxylic acids is 1. The number of nitrogens with one attached hydrogen (secondary N) is 1. The maximum Gasteiger partial charge on any atom is 0.352 e. The molecule has 0 aliphatic carbocycles. The summed E-state index contributed by atoms with van der Waals surface area (Å²) in [5, 5.41) is 27.3. The number of aromatic nitrogens is 1. The Bertz CT molecular complexity index is 1250. The first-order valence-electron chi connectivity index (χ1n) is 10.3. The van der Waals surface area contributed by atoms with Gasteiger partial charge in [0.15, 0.2) is 16.7 Å². The minimum atomic E-state index is -1.22. The van der Waals surface area contributed by atoms with E-state index in [4.69, 9.17) is 10.6 Å². The minimum absolute atomic E-state index is 0.0888. The van der Waals surface area contributed by atoms with Gasteiger partial charge in [-0.25, -0.2) is 9.78 Å². The predicted octanol–water partition coefficient (Wildman–Crippen LogP) is -0.394. The number of carboxylic acids is 1. The van der Waals surface area contributed by atoms with E-state index in [1.807, 2.05) is 6.08 Å². The van der Waals surface area contributed by atoms with Gasteiger partial charge in [-0.3, -0.25) is 14.5 Å². The molecule has 16 heteroatoms. The third-order valence-electron chi connectivity index (χ3n) is 5.46. The van der Waals surface area contributed by atoms with Crippen molar-refractivity contribution >= 4 is 64.3 Å². The van der Waals surface area contributed by atoms with Crippen LogP contribution in [0.15, 0.2) is 43.9 Å². The Labute approximate surface area is 206 Å². The van der Waals surface area contributed by atoms with Crippen LogP contribution in [0.4, 0.5) is 5.13 Å². The van der Waals surface area contributed by atoms with Crippen LogP contribution in [-0.4, -0.2) is 91.9 Å². The molecule has 35 heavy (non-hydrogen) atoms. The lowest BCUT2D eigenvalue weighted by Gasteiger charge is -2.49. The number of hydrazone groups is 2. The summed E-state index contributed by atoms with van der Waals surface area (Å²) in [6, 6.07) is -0.930. The molecule has 0 saturated carbocycles. The molecule has 0 aromatic carbocycles. The molecule has 4 aliphatic heterocycles. The molecule has 1 unspecified atom stereocenters. The highest BCUT2D eigenvalue weighted by atomic mass is 32.2. The van der Waals surface area contributed by atoms with Crippen molar-refractivity contribution in [2.45, 2.75) is 17.8 Å². The third-order valence-corrected chi connectivity index (χ3v) is 7.47. The molecule has 182 valence electrons. The Hall–Kier alpha value is -3.92. The Morgan fingerprint density at radius 1 is 1.40 bits per heavy atom. The molecule has 0 spiro atoms. The van der Waals surface area contributed by atoms with Crippen molar-refractivity contribution in [1.29, 1.82) is 0 Å². The number of fused-ring (bicyclic) bond motifs is 2. The average molecular weight is 518 g/mol.